The zero-order chi connectivity index (χ0) is 18.4. The first-order valence-electron chi connectivity index (χ1n) is 8.26. The van der Waals surface area contributed by atoms with E-state index in [0.717, 1.165) is 11.1 Å². The van der Waals surface area contributed by atoms with Crippen LogP contribution < -0.4 is 10.6 Å². The molecule has 0 aliphatic carbocycles. The highest BCUT2D eigenvalue weighted by Crippen LogP contribution is 2.14. The van der Waals surface area contributed by atoms with Crippen LogP contribution in [-0.2, 0) is 13.1 Å². The van der Waals surface area contributed by atoms with Crippen molar-refractivity contribution in [2.24, 2.45) is 0 Å². The Kier molecular flexibility index (Phi) is 5.81. The fourth-order valence-corrected chi connectivity index (χ4v) is 2.66. The van der Waals surface area contributed by atoms with Gasteiger partial charge in [-0.3, -0.25) is 4.79 Å². The van der Waals surface area contributed by atoms with Crippen LogP contribution >= 0.6 is 11.6 Å². The summed E-state index contributed by atoms with van der Waals surface area (Å²) in [5, 5.41) is 6.60. The summed E-state index contributed by atoms with van der Waals surface area (Å²) in [4.78, 5) is 20.8. The van der Waals surface area contributed by atoms with Crippen molar-refractivity contribution in [3.8, 4) is 0 Å². The number of anilines is 1. The highest BCUT2D eigenvalue weighted by atomic mass is 35.5. The molecule has 0 saturated heterocycles. The average Bonchev–Trinajstić information content (AvgIpc) is 2.67. The summed E-state index contributed by atoms with van der Waals surface area (Å²) < 4.78 is 0. The van der Waals surface area contributed by atoms with Crippen LogP contribution in [-0.4, -0.2) is 15.9 Å². The predicted octanol–water partition coefficient (Wildman–Crippen LogP) is 3.98. The van der Waals surface area contributed by atoms with Gasteiger partial charge in [-0.25, -0.2) is 9.97 Å². The molecule has 3 rings (SSSR count). The molecule has 2 N–H and O–H groups in total. The van der Waals surface area contributed by atoms with E-state index in [-0.39, 0.29) is 5.91 Å². The summed E-state index contributed by atoms with van der Waals surface area (Å²) in [6, 6.07) is 17.1. The van der Waals surface area contributed by atoms with Crippen LogP contribution in [0.5, 0.6) is 0 Å². The summed E-state index contributed by atoms with van der Waals surface area (Å²) in [6.07, 6.45) is 1.57. The zero-order valence-corrected chi connectivity index (χ0v) is 15.1. The van der Waals surface area contributed by atoms with Crippen LogP contribution in [0.4, 0.5) is 5.95 Å². The number of halogens is 1. The number of rotatable bonds is 6. The molecule has 0 unspecified atom stereocenters. The molecule has 0 aliphatic heterocycles. The molecule has 0 aliphatic rings. The molecule has 1 aromatic heterocycles. The normalized spacial score (nSPS) is 10.4. The van der Waals surface area contributed by atoms with E-state index < -0.39 is 0 Å². The van der Waals surface area contributed by atoms with Crippen molar-refractivity contribution in [1.82, 2.24) is 15.3 Å². The molecule has 132 valence electrons. The maximum Gasteiger partial charge on any atom is 0.270 e. The molecular weight excluding hydrogens is 348 g/mol. The van der Waals surface area contributed by atoms with Gasteiger partial charge in [-0.1, -0.05) is 54.1 Å². The third-order valence-electron chi connectivity index (χ3n) is 3.98. The summed E-state index contributed by atoms with van der Waals surface area (Å²) >= 11 is 6.10. The molecule has 2 aromatic carbocycles. The summed E-state index contributed by atoms with van der Waals surface area (Å²) in [5.74, 6) is 0.143. The Morgan fingerprint density at radius 3 is 2.50 bits per heavy atom. The number of nitrogens with zero attached hydrogens (tertiary/aromatic N) is 2. The smallest absolute Gasteiger partial charge is 0.270 e. The fraction of sp³-hybridized carbons (Fsp3) is 0.150. The maximum atomic E-state index is 12.3. The molecule has 0 fully saturated rings. The number of aryl methyl sites for hydroxylation is 1. The second-order valence-electron chi connectivity index (χ2n) is 5.82. The first-order valence-corrected chi connectivity index (χ1v) is 8.64. The summed E-state index contributed by atoms with van der Waals surface area (Å²) in [5.41, 5.74) is 3.51. The van der Waals surface area contributed by atoms with Gasteiger partial charge in [-0.15, -0.1) is 0 Å². The number of benzene rings is 2. The lowest BCUT2D eigenvalue weighted by atomic mass is 10.1. The van der Waals surface area contributed by atoms with Gasteiger partial charge in [0.1, 0.15) is 5.69 Å². The Labute approximate surface area is 157 Å². The van der Waals surface area contributed by atoms with Gasteiger partial charge in [0.05, 0.1) is 0 Å². The van der Waals surface area contributed by atoms with Crippen molar-refractivity contribution in [1.29, 1.82) is 0 Å². The molecule has 0 bridgehead atoms. The number of carbonyl (C=O) groups is 1. The average molecular weight is 367 g/mol. The van der Waals surface area contributed by atoms with Crippen LogP contribution in [0.15, 0.2) is 60.8 Å². The van der Waals surface area contributed by atoms with E-state index in [2.05, 4.69) is 33.6 Å². The lowest BCUT2D eigenvalue weighted by Gasteiger charge is -2.09. The topological polar surface area (TPSA) is 66.9 Å². The molecule has 0 atom stereocenters. The molecule has 0 saturated carbocycles. The van der Waals surface area contributed by atoms with Crippen molar-refractivity contribution >= 4 is 23.5 Å². The fourth-order valence-electron chi connectivity index (χ4n) is 2.46. The third-order valence-corrected chi connectivity index (χ3v) is 4.35. The van der Waals surface area contributed by atoms with E-state index in [4.69, 9.17) is 11.6 Å². The maximum absolute atomic E-state index is 12.3. The Bertz CT molecular complexity index is 914. The molecule has 1 amide bonds. The van der Waals surface area contributed by atoms with Gasteiger partial charge < -0.3 is 10.6 Å². The van der Waals surface area contributed by atoms with E-state index in [9.17, 15) is 4.79 Å². The highest BCUT2D eigenvalue weighted by molar-refractivity contribution is 6.31. The number of nitrogens with one attached hydrogen (secondary N) is 2. The van der Waals surface area contributed by atoms with Crippen LogP contribution in [0, 0.1) is 6.92 Å². The molecule has 1 heterocycles. The minimum absolute atomic E-state index is 0.272. The van der Waals surface area contributed by atoms with Gasteiger partial charge >= 0.3 is 0 Å². The van der Waals surface area contributed by atoms with Gasteiger partial charge in [-0.05, 0) is 35.7 Å². The predicted molar refractivity (Wildman–Crippen MR) is 103 cm³/mol. The number of aromatic nitrogens is 2. The Hall–Kier alpha value is -2.92. The number of hydrogen-bond acceptors (Lipinski definition) is 4. The van der Waals surface area contributed by atoms with Crippen molar-refractivity contribution in [3.05, 3.63) is 88.2 Å². The Morgan fingerprint density at radius 2 is 1.73 bits per heavy atom. The van der Waals surface area contributed by atoms with Crippen LogP contribution in [0.3, 0.4) is 0 Å². The van der Waals surface area contributed by atoms with Crippen LogP contribution in [0.1, 0.15) is 27.2 Å². The standard InChI is InChI=1S/C20H19ClN4O/c1-14-6-2-3-7-15(14)12-24-20-22-11-10-18(25-20)19(26)23-13-16-8-4-5-9-17(16)21/h2-11H,12-13H2,1H3,(H,23,26)(H,22,24,25). The van der Waals surface area contributed by atoms with Crippen molar-refractivity contribution in [2.45, 2.75) is 20.0 Å². The van der Waals surface area contributed by atoms with E-state index >= 15 is 0 Å². The molecule has 5 nitrogen and oxygen atoms in total. The van der Waals surface area contributed by atoms with E-state index in [1.54, 1.807) is 18.3 Å². The quantitative estimate of drug-likeness (QED) is 0.692. The first kappa shape index (κ1) is 17.9. The SMILES string of the molecule is Cc1ccccc1CNc1nccc(C(=O)NCc2ccccc2Cl)n1. The highest BCUT2D eigenvalue weighted by Gasteiger charge is 2.09. The largest absolute Gasteiger partial charge is 0.350 e. The van der Waals surface area contributed by atoms with Crippen LogP contribution in [0.2, 0.25) is 5.02 Å². The minimum Gasteiger partial charge on any atom is -0.350 e. The Balaban J connectivity index is 1.62. The molecule has 26 heavy (non-hydrogen) atoms. The van der Waals surface area contributed by atoms with E-state index in [0.29, 0.717) is 29.8 Å². The first-order chi connectivity index (χ1) is 12.6. The van der Waals surface area contributed by atoms with E-state index in [1.807, 2.05) is 36.4 Å². The number of carbonyl (C=O) groups excluding carboxylic acids is 1. The van der Waals surface area contributed by atoms with Gasteiger partial charge in [0.2, 0.25) is 5.95 Å². The van der Waals surface area contributed by atoms with Gasteiger partial charge in [0.15, 0.2) is 0 Å². The third kappa shape index (κ3) is 4.58. The zero-order valence-electron chi connectivity index (χ0n) is 14.4. The van der Waals surface area contributed by atoms with Crippen molar-refractivity contribution in [3.63, 3.8) is 0 Å². The Morgan fingerprint density at radius 1 is 1.00 bits per heavy atom. The summed E-state index contributed by atoms with van der Waals surface area (Å²) in [7, 11) is 0. The molecule has 6 heteroatoms. The van der Waals surface area contributed by atoms with E-state index in [1.165, 1.54) is 5.56 Å². The number of hydrogen-bond donors (Lipinski definition) is 2. The molecule has 3 aromatic rings. The minimum atomic E-state index is -0.272. The van der Waals surface area contributed by atoms with Crippen molar-refractivity contribution < 1.29 is 4.79 Å². The molecular formula is C20H19ClN4O. The second-order valence-corrected chi connectivity index (χ2v) is 6.23. The molecule has 0 radical (unpaired) electrons. The van der Waals surface area contributed by atoms with Gasteiger partial charge in [0.25, 0.3) is 5.91 Å². The van der Waals surface area contributed by atoms with Crippen molar-refractivity contribution in [2.75, 3.05) is 5.32 Å². The monoisotopic (exact) mass is 366 g/mol. The van der Waals surface area contributed by atoms with Gasteiger partial charge in [-0.2, -0.15) is 0 Å². The lowest BCUT2D eigenvalue weighted by molar-refractivity contribution is 0.0946. The summed E-state index contributed by atoms with van der Waals surface area (Å²) in [6.45, 7) is 2.99. The van der Waals surface area contributed by atoms with Crippen LogP contribution in [0.25, 0.3) is 0 Å². The second kappa shape index (κ2) is 8.45. The number of amides is 1. The molecule has 0 spiro atoms. The van der Waals surface area contributed by atoms with Gasteiger partial charge in [0, 0.05) is 24.3 Å². The lowest BCUT2D eigenvalue weighted by Crippen LogP contribution is -2.24.